The molecule has 0 spiro atoms. The lowest BCUT2D eigenvalue weighted by Crippen LogP contribution is -2.57. The number of hydrogen-bond acceptors (Lipinski definition) is 4. The summed E-state index contributed by atoms with van der Waals surface area (Å²) in [5, 5.41) is -10.0. The molecular weight excluding hydrogens is 598 g/mol. The minimum atomic E-state index is -7.54. The fraction of sp³-hybridized carbons (Fsp3) is 0.286. The highest BCUT2D eigenvalue weighted by molar-refractivity contribution is 7.86. The predicted octanol–water partition coefficient (Wildman–Crippen LogP) is 5.93. The van der Waals surface area contributed by atoms with Gasteiger partial charge >= 0.3 is 45.5 Å². The summed E-state index contributed by atoms with van der Waals surface area (Å²) in [7, 11) is -7.54. The number of aromatic nitrogens is 1. The van der Waals surface area contributed by atoms with E-state index in [9.17, 15) is 74.4 Å². The zero-order valence-electron chi connectivity index (χ0n) is 16.0. The topological polar surface area (TPSA) is 77.8 Å². The Kier molecular flexibility index (Phi) is 7.21. The summed E-state index contributed by atoms with van der Waals surface area (Å²) in [5.41, 5.74) is -6.70. The molecule has 1 unspecified atom stereocenters. The van der Waals surface area contributed by atoms with Crippen molar-refractivity contribution in [3.63, 3.8) is 0 Å². The number of rotatable bonds is 8. The van der Waals surface area contributed by atoms with Crippen molar-refractivity contribution in [3.8, 4) is 0 Å². The summed E-state index contributed by atoms with van der Waals surface area (Å²) < 4.78 is 252. The van der Waals surface area contributed by atoms with Crippen LogP contribution >= 0.6 is 0 Å². The van der Waals surface area contributed by atoms with E-state index in [0.29, 0.717) is 0 Å². The SMILES string of the molecule is O=S(=O)(O)C(F)(F)C(F)(F)OC(F)(c1c(F)c2c(F)c(F)c(F)c(F)c2n1F)C(F)(F)OC(F)=C(F)F. The Hall–Kier alpha value is -2.95. The first-order valence-corrected chi connectivity index (χ1v) is 9.43. The van der Waals surface area contributed by atoms with E-state index in [1.54, 1.807) is 0 Å². The Balaban J connectivity index is 3.08. The van der Waals surface area contributed by atoms with Gasteiger partial charge in [-0.2, -0.15) is 57.1 Å². The average molecular weight is 599 g/mol. The summed E-state index contributed by atoms with van der Waals surface area (Å²) in [4.78, 5) is -2.46. The predicted molar refractivity (Wildman–Crippen MR) is 79.9 cm³/mol. The maximum absolute atomic E-state index is 15.2. The lowest BCUT2D eigenvalue weighted by Gasteiger charge is -2.35. The van der Waals surface area contributed by atoms with Crippen molar-refractivity contribution in [2.45, 2.75) is 23.3 Å². The number of nitrogens with zero attached hydrogens (tertiary/aromatic N) is 1. The smallest absolute Gasteiger partial charge is 0.398 e. The van der Waals surface area contributed by atoms with Crippen LogP contribution in [0.4, 0.5) is 70.3 Å². The quantitative estimate of drug-likeness (QED) is 0.134. The van der Waals surface area contributed by atoms with Gasteiger partial charge in [-0.15, -0.1) is 0 Å². The molecule has 0 aliphatic heterocycles. The van der Waals surface area contributed by atoms with Crippen molar-refractivity contribution in [1.29, 1.82) is 0 Å². The number of halogens is 16. The largest absolute Gasteiger partial charge is 0.468 e. The van der Waals surface area contributed by atoms with Gasteiger partial charge in [0.1, 0.15) is 5.52 Å². The molecule has 6 nitrogen and oxygen atoms in total. The van der Waals surface area contributed by atoms with Crippen molar-refractivity contribution in [2.75, 3.05) is 0 Å². The number of hydrogen-bond donors (Lipinski definition) is 1. The zero-order chi connectivity index (χ0) is 29.3. The van der Waals surface area contributed by atoms with Crippen LogP contribution in [0.1, 0.15) is 5.69 Å². The molecular formula is C14HF16NO5S. The Labute approximate surface area is 189 Å². The third-order valence-electron chi connectivity index (χ3n) is 4.04. The number of ether oxygens (including phenoxy) is 2. The van der Waals surface area contributed by atoms with Gasteiger partial charge in [-0.3, -0.25) is 9.29 Å². The lowest BCUT2D eigenvalue weighted by atomic mass is 10.1. The molecule has 1 heterocycles. The highest BCUT2D eigenvalue weighted by atomic mass is 32.2. The molecule has 0 aliphatic rings. The van der Waals surface area contributed by atoms with Crippen LogP contribution in [0.15, 0.2) is 12.1 Å². The van der Waals surface area contributed by atoms with Gasteiger partial charge in [-0.05, 0) is 0 Å². The van der Waals surface area contributed by atoms with Gasteiger partial charge in [-0.1, -0.05) is 4.48 Å². The molecule has 0 saturated heterocycles. The van der Waals surface area contributed by atoms with E-state index in [2.05, 4.69) is 9.47 Å². The van der Waals surface area contributed by atoms with Gasteiger partial charge in [0, 0.05) is 0 Å². The molecule has 0 bridgehead atoms. The van der Waals surface area contributed by atoms with Crippen LogP contribution in [0.25, 0.3) is 10.9 Å². The fourth-order valence-corrected chi connectivity index (χ4v) is 2.78. The fourth-order valence-electron chi connectivity index (χ4n) is 2.44. The molecule has 0 aliphatic carbocycles. The van der Waals surface area contributed by atoms with E-state index in [4.69, 9.17) is 4.55 Å². The first-order valence-electron chi connectivity index (χ1n) is 7.99. The van der Waals surface area contributed by atoms with E-state index in [1.807, 2.05) is 0 Å². The van der Waals surface area contributed by atoms with Gasteiger partial charge in [0.15, 0.2) is 34.8 Å². The van der Waals surface area contributed by atoms with Gasteiger partial charge in [0.05, 0.1) is 5.39 Å². The van der Waals surface area contributed by atoms with Crippen LogP contribution in [0, 0.1) is 29.1 Å². The molecule has 1 aromatic heterocycles. The second-order valence-electron chi connectivity index (χ2n) is 6.28. The molecule has 2 aromatic rings. The second kappa shape index (κ2) is 8.82. The Bertz CT molecular complexity index is 1350. The number of benzene rings is 1. The van der Waals surface area contributed by atoms with Crippen LogP contribution in [0.2, 0.25) is 0 Å². The second-order valence-corrected chi connectivity index (χ2v) is 7.74. The first kappa shape index (κ1) is 30.3. The third-order valence-corrected chi connectivity index (χ3v) is 4.92. The summed E-state index contributed by atoms with van der Waals surface area (Å²) >= 11 is 0. The average Bonchev–Trinajstić information content (AvgIpc) is 2.99. The Morgan fingerprint density at radius 3 is 1.65 bits per heavy atom. The minimum Gasteiger partial charge on any atom is -0.398 e. The molecule has 2 rings (SSSR count). The van der Waals surface area contributed by atoms with Crippen molar-refractivity contribution >= 4 is 21.0 Å². The number of fused-ring (bicyclic) bond motifs is 1. The van der Waals surface area contributed by atoms with Crippen molar-refractivity contribution < 1.29 is 92.8 Å². The summed E-state index contributed by atoms with van der Waals surface area (Å²) in [5.74, 6) is -23.1. The van der Waals surface area contributed by atoms with Crippen LogP contribution in [-0.4, -0.2) is 35.2 Å². The van der Waals surface area contributed by atoms with E-state index < -0.39 is 96.0 Å². The van der Waals surface area contributed by atoms with Crippen LogP contribution < -0.4 is 0 Å². The standard InChI is InChI=1S/C14HF16NO5S/c15-2-1-3(16)8(31(30)7(1)6(19)5(18)4(2)17)11(23,12(24,25)35-10(22)9(20)21)36-13(26,27)14(28,29)37(32,33)34/h(H,32,33,34). The first-order chi connectivity index (χ1) is 16.4. The highest BCUT2D eigenvalue weighted by Crippen LogP contribution is 2.54. The highest BCUT2D eigenvalue weighted by Gasteiger charge is 2.76. The van der Waals surface area contributed by atoms with E-state index in [1.165, 1.54) is 0 Å². The van der Waals surface area contributed by atoms with Gasteiger partial charge in [0.25, 0.3) is 0 Å². The van der Waals surface area contributed by atoms with E-state index >= 15 is 4.39 Å². The van der Waals surface area contributed by atoms with Crippen molar-refractivity contribution in [1.82, 2.24) is 4.79 Å². The monoisotopic (exact) mass is 599 g/mol. The third kappa shape index (κ3) is 4.41. The lowest BCUT2D eigenvalue weighted by molar-refractivity contribution is -0.466. The molecule has 0 fully saturated rings. The molecule has 0 saturated carbocycles. The van der Waals surface area contributed by atoms with E-state index in [-0.39, 0.29) is 0 Å². The molecule has 37 heavy (non-hydrogen) atoms. The molecule has 210 valence electrons. The Morgan fingerprint density at radius 2 is 1.22 bits per heavy atom. The van der Waals surface area contributed by atoms with Crippen LogP contribution in [0.5, 0.6) is 0 Å². The number of alkyl halides is 7. The molecule has 1 atom stereocenters. The maximum atomic E-state index is 15.2. The van der Waals surface area contributed by atoms with Gasteiger partial charge < -0.3 is 4.74 Å². The minimum absolute atomic E-state index is 2.15. The molecule has 1 aromatic carbocycles. The maximum Gasteiger partial charge on any atom is 0.468 e. The molecule has 0 radical (unpaired) electrons. The molecule has 0 amide bonds. The van der Waals surface area contributed by atoms with E-state index in [0.717, 1.165) is 0 Å². The molecule has 23 heteroatoms. The van der Waals surface area contributed by atoms with Gasteiger partial charge in [0.2, 0.25) is 0 Å². The zero-order valence-corrected chi connectivity index (χ0v) is 16.8. The summed E-state index contributed by atoms with van der Waals surface area (Å²) in [6.07, 6.45) is -18.7. The summed E-state index contributed by atoms with van der Waals surface area (Å²) in [6.45, 7) is 0. The van der Waals surface area contributed by atoms with Crippen molar-refractivity contribution in [2.24, 2.45) is 0 Å². The summed E-state index contributed by atoms with van der Waals surface area (Å²) in [6, 6.07) is -3.99. The normalized spacial score (nSPS) is 15.2. The van der Waals surface area contributed by atoms with Gasteiger partial charge in [-0.25, -0.2) is 22.0 Å². The van der Waals surface area contributed by atoms with Crippen LogP contribution in [0.3, 0.4) is 0 Å². The molecule has 1 N–H and O–H groups in total. The van der Waals surface area contributed by atoms with Crippen molar-refractivity contribution in [3.05, 3.63) is 46.9 Å². The van der Waals surface area contributed by atoms with Crippen LogP contribution in [-0.2, 0) is 25.4 Å². The Morgan fingerprint density at radius 1 is 0.757 bits per heavy atom.